The molecule has 1 unspecified atom stereocenters. The van der Waals surface area contributed by atoms with Gasteiger partial charge in [-0.25, -0.2) is 9.59 Å². The maximum atomic E-state index is 11.9. The van der Waals surface area contributed by atoms with Gasteiger partial charge in [0.05, 0.1) is 14.2 Å². The fourth-order valence-electron chi connectivity index (χ4n) is 1.81. The molecule has 0 aliphatic carbocycles. The number of urea groups is 1. The number of carbonyl (C=O) groups is 3. The lowest BCUT2D eigenvalue weighted by Gasteiger charge is -2.15. The molecule has 0 spiro atoms. The molecule has 8 heteroatoms. The molecule has 126 valence electrons. The summed E-state index contributed by atoms with van der Waals surface area (Å²) < 4.78 is 10.2. The fraction of sp³-hybridized carbons (Fsp3) is 0.400. The minimum atomic E-state index is -1.28. The molecule has 0 aromatic heterocycles. The van der Waals surface area contributed by atoms with Crippen LogP contribution in [0, 0.1) is 0 Å². The maximum Gasteiger partial charge on any atom is 0.326 e. The molecule has 1 atom stereocenters. The van der Waals surface area contributed by atoms with Crippen molar-refractivity contribution in [3.8, 4) is 11.5 Å². The third-order valence-electron chi connectivity index (χ3n) is 3.07. The number of ketones is 1. The number of carbonyl (C=O) groups excluding carboxylic acids is 2. The molecule has 0 heterocycles. The van der Waals surface area contributed by atoms with Crippen LogP contribution in [0.4, 0.5) is 10.5 Å². The first-order chi connectivity index (χ1) is 10.9. The van der Waals surface area contributed by atoms with Crippen molar-refractivity contribution in [3.63, 3.8) is 0 Å². The van der Waals surface area contributed by atoms with Crippen molar-refractivity contribution in [3.05, 3.63) is 18.2 Å². The van der Waals surface area contributed by atoms with Gasteiger partial charge in [0, 0.05) is 24.6 Å². The number of hydrogen-bond acceptors (Lipinski definition) is 5. The average Bonchev–Trinajstić information content (AvgIpc) is 2.53. The topological polar surface area (TPSA) is 114 Å². The van der Waals surface area contributed by atoms with Crippen LogP contribution in [0.5, 0.6) is 11.5 Å². The number of methoxy groups -OCH3 is 2. The first-order valence-corrected chi connectivity index (χ1v) is 6.95. The first-order valence-electron chi connectivity index (χ1n) is 6.95. The van der Waals surface area contributed by atoms with Crippen LogP contribution in [0.15, 0.2) is 18.2 Å². The molecule has 0 saturated carbocycles. The molecule has 0 aliphatic heterocycles. The number of rotatable bonds is 8. The van der Waals surface area contributed by atoms with Crippen molar-refractivity contribution in [2.24, 2.45) is 0 Å². The highest BCUT2D eigenvalue weighted by molar-refractivity contribution is 5.94. The van der Waals surface area contributed by atoms with E-state index in [2.05, 4.69) is 10.6 Å². The number of anilines is 1. The van der Waals surface area contributed by atoms with Crippen LogP contribution in [0.2, 0.25) is 0 Å². The van der Waals surface area contributed by atoms with Gasteiger partial charge in [-0.2, -0.15) is 0 Å². The molecule has 1 aromatic rings. The SMILES string of the molecule is CCC(=O)CC(NC(=O)Nc1ccc(OC)c(OC)c1)C(=O)O. The fourth-order valence-corrected chi connectivity index (χ4v) is 1.81. The Morgan fingerprint density at radius 1 is 1.17 bits per heavy atom. The van der Waals surface area contributed by atoms with Crippen molar-refractivity contribution in [1.82, 2.24) is 5.32 Å². The third kappa shape index (κ3) is 5.50. The molecule has 8 nitrogen and oxygen atoms in total. The van der Waals surface area contributed by atoms with Crippen LogP contribution < -0.4 is 20.1 Å². The second kappa shape index (κ2) is 8.62. The molecule has 0 bridgehead atoms. The van der Waals surface area contributed by atoms with E-state index < -0.39 is 18.0 Å². The Kier molecular flexibility index (Phi) is 6.85. The molecule has 3 N–H and O–H groups in total. The van der Waals surface area contributed by atoms with Gasteiger partial charge in [-0.05, 0) is 12.1 Å². The summed E-state index contributed by atoms with van der Waals surface area (Å²) in [5.41, 5.74) is 0.395. The van der Waals surface area contributed by atoms with Gasteiger partial charge < -0.3 is 25.2 Å². The number of amides is 2. The lowest BCUT2D eigenvalue weighted by molar-refractivity contribution is -0.140. The Morgan fingerprint density at radius 3 is 2.35 bits per heavy atom. The molecule has 1 aromatic carbocycles. The Morgan fingerprint density at radius 2 is 1.83 bits per heavy atom. The van der Waals surface area contributed by atoms with Gasteiger partial charge in [0.1, 0.15) is 11.8 Å². The first kappa shape index (κ1) is 18.3. The number of aliphatic carboxylic acids is 1. The molecule has 0 fully saturated rings. The highest BCUT2D eigenvalue weighted by atomic mass is 16.5. The van der Waals surface area contributed by atoms with E-state index in [1.165, 1.54) is 20.3 Å². The van der Waals surface area contributed by atoms with Crippen LogP contribution in [0.1, 0.15) is 19.8 Å². The number of benzene rings is 1. The smallest absolute Gasteiger partial charge is 0.326 e. The summed E-state index contributed by atoms with van der Waals surface area (Å²) >= 11 is 0. The van der Waals surface area contributed by atoms with Crippen LogP contribution in [0.3, 0.4) is 0 Å². The normalized spacial score (nSPS) is 11.3. The minimum Gasteiger partial charge on any atom is -0.493 e. The maximum absolute atomic E-state index is 11.9. The van der Waals surface area contributed by atoms with Crippen molar-refractivity contribution in [2.75, 3.05) is 19.5 Å². The molecule has 0 aliphatic rings. The average molecular weight is 324 g/mol. The molecular formula is C15H20N2O6. The van der Waals surface area contributed by atoms with E-state index in [1.54, 1.807) is 19.1 Å². The van der Waals surface area contributed by atoms with Gasteiger partial charge in [0.25, 0.3) is 0 Å². The number of Topliss-reactive ketones (excluding diaryl/α,β-unsaturated/α-hetero) is 1. The molecule has 23 heavy (non-hydrogen) atoms. The Hall–Kier alpha value is -2.77. The number of nitrogens with one attached hydrogen (secondary N) is 2. The lowest BCUT2D eigenvalue weighted by Crippen LogP contribution is -2.44. The van der Waals surface area contributed by atoms with E-state index in [1.807, 2.05) is 0 Å². The van der Waals surface area contributed by atoms with E-state index >= 15 is 0 Å². The minimum absolute atomic E-state index is 0.211. The second-order valence-corrected chi connectivity index (χ2v) is 4.66. The molecule has 0 radical (unpaired) electrons. The largest absolute Gasteiger partial charge is 0.493 e. The molecule has 2 amide bonds. The van der Waals surface area contributed by atoms with E-state index in [0.29, 0.717) is 17.2 Å². The molecule has 0 saturated heterocycles. The Balaban J connectivity index is 2.74. The Bertz CT molecular complexity index is 587. The third-order valence-corrected chi connectivity index (χ3v) is 3.07. The summed E-state index contributed by atoms with van der Waals surface area (Å²) in [4.78, 5) is 34.3. The molecule has 1 rings (SSSR count). The number of carboxylic acid groups (broad SMARTS) is 1. The number of hydrogen-bond donors (Lipinski definition) is 3. The van der Waals surface area contributed by atoms with E-state index in [-0.39, 0.29) is 18.6 Å². The summed E-state index contributed by atoms with van der Waals surface area (Å²) in [6, 6.07) is 2.71. The van der Waals surface area contributed by atoms with Crippen molar-refractivity contribution in [2.45, 2.75) is 25.8 Å². The van der Waals surface area contributed by atoms with Gasteiger partial charge in [0.15, 0.2) is 11.5 Å². The summed E-state index contributed by atoms with van der Waals surface area (Å²) in [6.45, 7) is 1.63. The van der Waals surface area contributed by atoms with Crippen LogP contribution in [0.25, 0.3) is 0 Å². The van der Waals surface area contributed by atoms with E-state index in [9.17, 15) is 14.4 Å². The van der Waals surface area contributed by atoms with Crippen molar-refractivity contribution in [1.29, 1.82) is 0 Å². The van der Waals surface area contributed by atoms with Gasteiger partial charge in [0.2, 0.25) is 0 Å². The highest BCUT2D eigenvalue weighted by Crippen LogP contribution is 2.29. The van der Waals surface area contributed by atoms with Gasteiger partial charge in [-0.3, -0.25) is 4.79 Å². The monoisotopic (exact) mass is 324 g/mol. The standard InChI is InChI=1S/C15H20N2O6/c1-4-10(18)8-11(14(19)20)17-15(21)16-9-5-6-12(22-2)13(7-9)23-3/h5-7,11H,4,8H2,1-3H3,(H,19,20)(H2,16,17,21). The summed E-state index contributed by atoms with van der Waals surface area (Å²) in [5, 5.41) is 13.8. The summed E-state index contributed by atoms with van der Waals surface area (Å²) in [6.07, 6.45) is -0.0477. The number of carboxylic acids is 1. The summed E-state index contributed by atoms with van der Waals surface area (Å²) in [5.74, 6) is -0.602. The number of ether oxygens (including phenoxy) is 2. The van der Waals surface area contributed by atoms with Crippen molar-refractivity contribution < 1.29 is 29.0 Å². The zero-order chi connectivity index (χ0) is 17.4. The van der Waals surface area contributed by atoms with Crippen LogP contribution in [-0.2, 0) is 9.59 Å². The predicted octanol–water partition coefficient (Wildman–Crippen LogP) is 1.65. The zero-order valence-corrected chi connectivity index (χ0v) is 13.2. The lowest BCUT2D eigenvalue weighted by atomic mass is 10.1. The highest BCUT2D eigenvalue weighted by Gasteiger charge is 2.22. The quantitative estimate of drug-likeness (QED) is 0.670. The van der Waals surface area contributed by atoms with Crippen LogP contribution in [-0.4, -0.2) is 43.2 Å². The predicted molar refractivity (Wildman–Crippen MR) is 83.0 cm³/mol. The Labute approximate surface area is 133 Å². The second-order valence-electron chi connectivity index (χ2n) is 4.66. The summed E-state index contributed by atoms with van der Waals surface area (Å²) in [7, 11) is 2.94. The van der Waals surface area contributed by atoms with Gasteiger partial charge in [-0.1, -0.05) is 6.92 Å². The van der Waals surface area contributed by atoms with E-state index in [0.717, 1.165) is 0 Å². The molecular weight excluding hydrogens is 304 g/mol. The van der Waals surface area contributed by atoms with E-state index in [4.69, 9.17) is 14.6 Å². The van der Waals surface area contributed by atoms with Crippen LogP contribution >= 0.6 is 0 Å². The van der Waals surface area contributed by atoms with Gasteiger partial charge >= 0.3 is 12.0 Å². The van der Waals surface area contributed by atoms with Gasteiger partial charge in [-0.15, -0.1) is 0 Å². The van der Waals surface area contributed by atoms with Crippen molar-refractivity contribution >= 4 is 23.5 Å². The zero-order valence-electron chi connectivity index (χ0n) is 13.2.